The molecule has 0 aliphatic carbocycles. The van der Waals surface area contributed by atoms with Crippen molar-refractivity contribution in [2.75, 3.05) is 18.4 Å². The first-order valence-electron chi connectivity index (χ1n) is 8.25. The lowest BCUT2D eigenvalue weighted by molar-refractivity contribution is 0.102. The molecule has 1 aliphatic rings. The van der Waals surface area contributed by atoms with Gasteiger partial charge in [0.2, 0.25) is 5.95 Å². The number of amides is 1. The third-order valence-corrected chi connectivity index (χ3v) is 4.50. The molecule has 24 heavy (non-hydrogen) atoms. The predicted octanol–water partition coefficient (Wildman–Crippen LogP) is 1.14. The molecule has 0 aromatic carbocycles. The lowest BCUT2D eigenvalue weighted by atomic mass is 9.99. The van der Waals surface area contributed by atoms with Gasteiger partial charge in [-0.1, -0.05) is 0 Å². The van der Waals surface area contributed by atoms with Crippen LogP contribution in [0.3, 0.4) is 0 Å². The predicted molar refractivity (Wildman–Crippen MR) is 92.2 cm³/mol. The normalized spacial score (nSPS) is 17.7. The highest BCUT2D eigenvalue weighted by Gasteiger charge is 2.19. The average molecular weight is 329 g/mol. The minimum atomic E-state index is -0.414. The second-order valence-electron chi connectivity index (χ2n) is 6.36. The SMILES string of the molecule is Cc1ccn(CC2CCCNC2)c(=O)c1C(=O)Nc1nccn1C. The highest BCUT2D eigenvalue weighted by Crippen LogP contribution is 2.13. The third kappa shape index (κ3) is 3.41. The molecule has 0 radical (unpaired) electrons. The van der Waals surface area contributed by atoms with E-state index in [1.807, 2.05) is 6.07 Å². The number of carbonyl (C=O) groups is 1. The van der Waals surface area contributed by atoms with Crippen LogP contribution in [-0.2, 0) is 13.6 Å². The maximum atomic E-state index is 12.8. The Morgan fingerprint density at radius 3 is 2.96 bits per heavy atom. The molecule has 2 aromatic heterocycles. The summed E-state index contributed by atoms with van der Waals surface area (Å²) in [5.74, 6) is 0.429. The molecule has 7 nitrogen and oxygen atoms in total. The van der Waals surface area contributed by atoms with Crippen molar-refractivity contribution < 1.29 is 4.79 Å². The van der Waals surface area contributed by atoms with Crippen molar-refractivity contribution >= 4 is 11.9 Å². The fourth-order valence-corrected chi connectivity index (χ4v) is 3.09. The van der Waals surface area contributed by atoms with Crippen LogP contribution in [0.4, 0.5) is 5.95 Å². The first kappa shape index (κ1) is 16.4. The Bertz CT molecular complexity index is 787. The van der Waals surface area contributed by atoms with Gasteiger partial charge in [0.1, 0.15) is 5.56 Å². The minimum Gasteiger partial charge on any atom is -0.320 e. The number of nitrogens with zero attached hydrogens (tertiary/aromatic N) is 3. The number of piperidine rings is 1. The van der Waals surface area contributed by atoms with E-state index >= 15 is 0 Å². The van der Waals surface area contributed by atoms with Gasteiger partial charge in [-0.15, -0.1) is 0 Å². The quantitative estimate of drug-likeness (QED) is 0.881. The van der Waals surface area contributed by atoms with Gasteiger partial charge < -0.3 is 14.5 Å². The van der Waals surface area contributed by atoms with Crippen molar-refractivity contribution in [3.63, 3.8) is 0 Å². The summed E-state index contributed by atoms with van der Waals surface area (Å²) < 4.78 is 3.35. The Balaban J connectivity index is 1.84. The Labute approximate surface area is 140 Å². The first-order chi connectivity index (χ1) is 11.6. The number of aryl methyl sites for hydroxylation is 2. The molecule has 3 heterocycles. The zero-order valence-corrected chi connectivity index (χ0v) is 14.1. The minimum absolute atomic E-state index is 0.185. The maximum absolute atomic E-state index is 12.8. The second-order valence-corrected chi connectivity index (χ2v) is 6.36. The molecular weight excluding hydrogens is 306 g/mol. The summed E-state index contributed by atoms with van der Waals surface area (Å²) in [7, 11) is 1.79. The van der Waals surface area contributed by atoms with E-state index in [9.17, 15) is 9.59 Å². The van der Waals surface area contributed by atoms with Gasteiger partial charge >= 0.3 is 0 Å². The standard InChI is InChI=1S/C17H23N5O2/c1-12-5-8-22(11-13-4-3-6-18-10-13)16(24)14(12)15(23)20-17-19-7-9-21(17)2/h5,7-9,13,18H,3-4,6,10-11H2,1-2H3,(H,19,20,23). The molecule has 0 spiro atoms. The molecule has 1 aliphatic heterocycles. The van der Waals surface area contributed by atoms with Gasteiger partial charge in [-0.05, 0) is 50.4 Å². The van der Waals surface area contributed by atoms with Gasteiger partial charge in [0.05, 0.1) is 0 Å². The number of hydrogen-bond acceptors (Lipinski definition) is 4. The number of carbonyl (C=O) groups excluding carboxylic acids is 1. The molecule has 7 heteroatoms. The molecular formula is C17H23N5O2. The molecule has 1 saturated heterocycles. The molecule has 1 atom stereocenters. The van der Waals surface area contributed by atoms with E-state index in [0.717, 1.165) is 25.9 Å². The summed E-state index contributed by atoms with van der Waals surface area (Å²) in [4.78, 5) is 29.4. The highest BCUT2D eigenvalue weighted by molar-refractivity contribution is 6.04. The van der Waals surface area contributed by atoms with E-state index in [4.69, 9.17) is 0 Å². The van der Waals surface area contributed by atoms with Crippen LogP contribution in [0.15, 0.2) is 29.5 Å². The highest BCUT2D eigenvalue weighted by atomic mass is 16.2. The summed E-state index contributed by atoms with van der Waals surface area (Å²) in [5.41, 5.74) is 0.612. The van der Waals surface area contributed by atoms with Gasteiger partial charge in [0, 0.05) is 32.2 Å². The fourth-order valence-electron chi connectivity index (χ4n) is 3.09. The summed E-state index contributed by atoms with van der Waals surface area (Å²) in [6, 6.07) is 1.82. The molecule has 2 aromatic rings. The number of aromatic nitrogens is 3. The number of nitrogens with one attached hydrogen (secondary N) is 2. The summed E-state index contributed by atoms with van der Waals surface area (Å²) >= 11 is 0. The summed E-state index contributed by atoms with van der Waals surface area (Å²) in [5, 5.41) is 6.06. The Hall–Kier alpha value is -2.41. The number of anilines is 1. The van der Waals surface area contributed by atoms with Crippen molar-refractivity contribution in [1.82, 2.24) is 19.4 Å². The molecule has 2 N–H and O–H groups in total. The van der Waals surface area contributed by atoms with E-state index in [0.29, 0.717) is 24.0 Å². The summed E-state index contributed by atoms with van der Waals surface area (Å²) in [6.07, 6.45) is 7.34. The van der Waals surface area contributed by atoms with E-state index in [2.05, 4.69) is 15.6 Å². The lowest BCUT2D eigenvalue weighted by Gasteiger charge is -2.23. The molecule has 1 fully saturated rings. The van der Waals surface area contributed by atoms with Crippen LogP contribution in [0, 0.1) is 12.8 Å². The maximum Gasteiger partial charge on any atom is 0.263 e. The third-order valence-electron chi connectivity index (χ3n) is 4.50. The molecule has 0 saturated carbocycles. The Morgan fingerprint density at radius 1 is 1.46 bits per heavy atom. The van der Waals surface area contributed by atoms with Crippen LogP contribution in [0.2, 0.25) is 0 Å². The first-order valence-corrected chi connectivity index (χ1v) is 8.25. The number of pyridine rings is 1. The van der Waals surface area contributed by atoms with Crippen molar-refractivity contribution in [1.29, 1.82) is 0 Å². The number of rotatable bonds is 4. The van der Waals surface area contributed by atoms with Crippen molar-refractivity contribution in [3.05, 3.63) is 46.1 Å². The Kier molecular flexibility index (Phi) is 4.80. The van der Waals surface area contributed by atoms with E-state index in [1.165, 1.54) is 0 Å². The summed E-state index contributed by atoms with van der Waals surface area (Å²) in [6.45, 7) is 4.36. The van der Waals surface area contributed by atoms with Crippen LogP contribution < -0.4 is 16.2 Å². The van der Waals surface area contributed by atoms with Crippen LogP contribution in [0.25, 0.3) is 0 Å². The zero-order chi connectivity index (χ0) is 17.1. The Morgan fingerprint density at radius 2 is 2.29 bits per heavy atom. The van der Waals surface area contributed by atoms with E-state index < -0.39 is 5.91 Å². The molecule has 1 amide bonds. The zero-order valence-electron chi connectivity index (χ0n) is 14.1. The van der Waals surface area contributed by atoms with E-state index in [-0.39, 0.29) is 11.1 Å². The lowest BCUT2D eigenvalue weighted by Crippen LogP contribution is -2.36. The van der Waals surface area contributed by atoms with Crippen LogP contribution in [-0.4, -0.2) is 33.1 Å². The largest absolute Gasteiger partial charge is 0.320 e. The topological polar surface area (TPSA) is 81.0 Å². The van der Waals surface area contributed by atoms with Crippen molar-refractivity contribution in [2.24, 2.45) is 13.0 Å². The second kappa shape index (κ2) is 7.00. The van der Waals surface area contributed by atoms with Crippen LogP contribution in [0.5, 0.6) is 0 Å². The van der Waals surface area contributed by atoms with Crippen molar-refractivity contribution in [3.8, 4) is 0 Å². The van der Waals surface area contributed by atoms with Crippen LogP contribution >= 0.6 is 0 Å². The smallest absolute Gasteiger partial charge is 0.263 e. The fraction of sp³-hybridized carbons (Fsp3) is 0.471. The molecule has 0 bridgehead atoms. The van der Waals surface area contributed by atoms with E-state index in [1.54, 1.807) is 41.7 Å². The van der Waals surface area contributed by atoms with Gasteiger partial charge in [-0.2, -0.15) is 0 Å². The number of hydrogen-bond donors (Lipinski definition) is 2. The van der Waals surface area contributed by atoms with Gasteiger partial charge in [0.15, 0.2) is 0 Å². The van der Waals surface area contributed by atoms with Crippen LogP contribution in [0.1, 0.15) is 28.8 Å². The van der Waals surface area contributed by atoms with Gasteiger partial charge in [-0.25, -0.2) is 4.98 Å². The molecule has 3 rings (SSSR count). The number of imidazole rings is 1. The average Bonchev–Trinajstić information content (AvgIpc) is 2.96. The monoisotopic (exact) mass is 329 g/mol. The molecule has 1 unspecified atom stereocenters. The molecule has 128 valence electrons. The van der Waals surface area contributed by atoms with Gasteiger partial charge in [-0.3, -0.25) is 14.9 Å². The van der Waals surface area contributed by atoms with Crippen molar-refractivity contribution in [2.45, 2.75) is 26.3 Å². The van der Waals surface area contributed by atoms with Gasteiger partial charge in [0.25, 0.3) is 11.5 Å².